The van der Waals surface area contributed by atoms with Gasteiger partial charge in [0.1, 0.15) is 6.10 Å². The van der Waals surface area contributed by atoms with Crippen molar-refractivity contribution in [1.29, 1.82) is 0 Å². The van der Waals surface area contributed by atoms with Crippen LogP contribution in [0.2, 0.25) is 0 Å². The van der Waals surface area contributed by atoms with Crippen LogP contribution in [0.5, 0.6) is 0 Å². The Bertz CT molecular complexity index is 347. The smallest absolute Gasteiger partial charge is 0.112 e. The lowest BCUT2D eigenvalue weighted by Gasteiger charge is -2.28. The van der Waals surface area contributed by atoms with Gasteiger partial charge in [-0.2, -0.15) is 5.10 Å². The van der Waals surface area contributed by atoms with Gasteiger partial charge >= 0.3 is 0 Å². The summed E-state index contributed by atoms with van der Waals surface area (Å²) in [5.41, 5.74) is 0.891. The molecule has 4 nitrogen and oxygen atoms in total. The normalized spacial score (nSPS) is 23.3. The van der Waals surface area contributed by atoms with Gasteiger partial charge in [-0.05, 0) is 42.2 Å². The molecule has 1 aromatic heterocycles. The molecule has 0 spiro atoms. The molecule has 90 valence electrons. The van der Waals surface area contributed by atoms with Crippen molar-refractivity contribution < 1.29 is 5.11 Å². The highest BCUT2D eigenvalue weighted by molar-refractivity contribution is 9.10. The molecular weight excluding hydrogens is 270 g/mol. The predicted molar refractivity (Wildman–Crippen MR) is 66.2 cm³/mol. The Morgan fingerprint density at radius 3 is 3.12 bits per heavy atom. The van der Waals surface area contributed by atoms with Gasteiger partial charge in [0.25, 0.3) is 0 Å². The molecule has 1 aliphatic rings. The number of nitrogens with zero attached hydrogens (tertiary/aromatic N) is 2. The van der Waals surface area contributed by atoms with Gasteiger partial charge in [0, 0.05) is 12.6 Å². The quantitative estimate of drug-likeness (QED) is 0.892. The zero-order valence-corrected chi connectivity index (χ0v) is 11.1. The van der Waals surface area contributed by atoms with Crippen LogP contribution in [0.4, 0.5) is 0 Å². The predicted octanol–water partition coefficient (Wildman–Crippen LogP) is 1.84. The number of rotatable bonds is 3. The molecule has 2 N–H and O–H groups in total. The molecule has 0 aromatic carbocycles. The van der Waals surface area contributed by atoms with E-state index in [1.165, 1.54) is 12.8 Å². The first kappa shape index (κ1) is 12.1. The molecule has 2 heterocycles. The van der Waals surface area contributed by atoms with E-state index in [2.05, 4.69) is 26.3 Å². The minimum Gasteiger partial charge on any atom is -0.385 e. The topological polar surface area (TPSA) is 50.1 Å². The van der Waals surface area contributed by atoms with Gasteiger partial charge in [0.05, 0.1) is 16.4 Å². The third-order valence-electron chi connectivity index (χ3n) is 3.14. The fourth-order valence-corrected chi connectivity index (χ4v) is 2.79. The van der Waals surface area contributed by atoms with Crippen LogP contribution in [0.25, 0.3) is 0 Å². The van der Waals surface area contributed by atoms with Crippen LogP contribution >= 0.6 is 15.9 Å². The van der Waals surface area contributed by atoms with Gasteiger partial charge in [-0.1, -0.05) is 6.42 Å². The number of piperidine rings is 1. The molecule has 0 aliphatic carbocycles. The molecule has 0 radical (unpaired) electrons. The Morgan fingerprint density at radius 1 is 1.69 bits per heavy atom. The molecule has 1 aliphatic heterocycles. The second-order valence-electron chi connectivity index (χ2n) is 4.19. The first-order chi connectivity index (χ1) is 7.74. The van der Waals surface area contributed by atoms with E-state index in [9.17, 15) is 5.11 Å². The summed E-state index contributed by atoms with van der Waals surface area (Å²) in [6, 6.07) is 0.159. The summed E-state index contributed by atoms with van der Waals surface area (Å²) in [6.45, 7) is 3.81. The minimum absolute atomic E-state index is 0.159. The van der Waals surface area contributed by atoms with Gasteiger partial charge in [-0.25, -0.2) is 0 Å². The lowest BCUT2D eigenvalue weighted by atomic mass is 9.98. The summed E-state index contributed by atoms with van der Waals surface area (Å²) in [5.74, 6) is 0. The number of aromatic nitrogens is 2. The fraction of sp³-hybridized carbons (Fsp3) is 0.727. The highest BCUT2D eigenvalue weighted by Crippen LogP contribution is 2.28. The molecular formula is C11H18BrN3O. The van der Waals surface area contributed by atoms with Gasteiger partial charge in [0.2, 0.25) is 0 Å². The molecule has 0 amide bonds. The van der Waals surface area contributed by atoms with E-state index in [4.69, 9.17) is 0 Å². The summed E-state index contributed by atoms with van der Waals surface area (Å²) in [7, 11) is 0. The average molecular weight is 288 g/mol. The van der Waals surface area contributed by atoms with E-state index in [0.717, 1.165) is 29.7 Å². The Hall–Kier alpha value is -0.390. The molecule has 1 aromatic rings. The number of aliphatic hydroxyl groups is 1. The third kappa shape index (κ3) is 2.31. The fourth-order valence-electron chi connectivity index (χ4n) is 2.26. The molecule has 5 heteroatoms. The van der Waals surface area contributed by atoms with Crippen LogP contribution in [0, 0.1) is 0 Å². The number of halogens is 1. The maximum atomic E-state index is 10.4. The van der Waals surface area contributed by atoms with Crippen molar-refractivity contribution in [2.75, 3.05) is 6.54 Å². The van der Waals surface area contributed by atoms with E-state index in [1.807, 2.05) is 11.6 Å². The van der Waals surface area contributed by atoms with Gasteiger partial charge in [0.15, 0.2) is 0 Å². The first-order valence-corrected chi connectivity index (χ1v) is 6.66. The van der Waals surface area contributed by atoms with Gasteiger partial charge < -0.3 is 10.4 Å². The monoisotopic (exact) mass is 287 g/mol. The summed E-state index contributed by atoms with van der Waals surface area (Å²) in [5, 5.41) is 18.0. The molecule has 2 rings (SSSR count). The van der Waals surface area contributed by atoms with Crippen LogP contribution < -0.4 is 5.32 Å². The van der Waals surface area contributed by atoms with Crippen LogP contribution in [0.3, 0.4) is 0 Å². The van der Waals surface area contributed by atoms with E-state index in [0.29, 0.717) is 0 Å². The van der Waals surface area contributed by atoms with E-state index < -0.39 is 6.10 Å². The lowest BCUT2D eigenvalue weighted by Crippen LogP contribution is -2.39. The molecule has 2 unspecified atom stereocenters. The maximum absolute atomic E-state index is 10.4. The Balaban J connectivity index is 2.18. The summed E-state index contributed by atoms with van der Waals surface area (Å²) < 4.78 is 2.75. The van der Waals surface area contributed by atoms with Crippen LogP contribution in [0.15, 0.2) is 10.7 Å². The number of aryl methyl sites for hydroxylation is 1. The number of hydrogen-bond donors (Lipinski definition) is 2. The summed E-state index contributed by atoms with van der Waals surface area (Å²) in [4.78, 5) is 0. The maximum Gasteiger partial charge on any atom is 0.112 e. The van der Waals surface area contributed by atoms with Crippen molar-refractivity contribution in [2.24, 2.45) is 0 Å². The van der Waals surface area contributed by atoms with E-state index >= 15 is 0 Å². The van der Waals surface area contributed by atoms with Crippen molar-refractivity contribution in [3.05, 3.63) is 16.4 Å². The van der Waals surface area contributed by atoms with E-state index in [-0.39, 0.29) is 6.04 Å². The van der Waals surface area contributed by atoms with Crippen molar-refractivity contribution in [3.8, 4) is 0 Å². The Morgan fingerprint density at radius 2 is 2.50 bits per heavy atom. The molecule has 0 bridgehead atoms. The zero-order valence-electron chi connectivity index (χ0n) is 9.49. The standard InChI is InChI=1S/C11H18BrN3O/c1-2-15-10(8(12)7-14-15)11(16)9-5-3-4-6-13-9/h7,9,11,13,16H,2-6H2,1H3. The van der Waals surface area contributed by atoms with Gasteiger partial charge in [-0.3, -0.25) is 4.68 Å². The van der Waals surface area contributed by atoms with Crippen LogP contribution in [-0.2, 0) is 6.54 Å². The number of aliphatic hydroxyl groups excluding tert-OH is 1. The third-order valence-corrected chi connectivity index (χ3v) is 3.75. The van der Waals surface area contributed by atoms with Crippen molar-refractivity contribution >= 4 is 15.9 Å². The summed E-state index contributed by atoms with van der Waals surface area (Å²) >= 11 is 3.45. The lowest BCUT2D eigenvalue weighted by molar-refractivity contribution is 0.104. The van der Waals surface area contributed by atoms with Crippen molar-refractivity contribution in [3.63, 3.8) is 0 Å². The SMILES string of the molecule is CCn1ncc(Br)c1C(O)C1CCCCN1. The van der Waals surface area contributed by atoms with Crippen LogP contribution in [-0.4, -0.2) is 27.5 Å². The van der Waals surface area contributed by atoms with Gasteiger partial charge in [-0.15, -0.1) is 0 Å². The Kier molecular flexibility index (Phi) is 4.00. The average Bonchev–Trinajstić information content (AvgIpc) is 2.70. The number of hydrogen-bond acceptors (Lipinski definition) is 3. The first-order valence-electron chi connectivity index (χ1n) is 5.86. The van der Waals surface area contributed by atoms with Crippen molar-refractivity contribution in [1.82, 2.24) is 15.1 Å². The second kappa shape index (κ2) is 5.29. The van der Waals surface area contributed by atoms with E-state index in [1.54, 1.807) is 6.20 Å². The largest absolute Gasteiger partial charge is 0.385 e. The minimum atomic E-state index is -0.475. The van der Waals surface area contributed by atoms with Crippen LogP contribution in [0.1, 0.15) is 38.0 Å². The Labute approximate surface area is 104 Å². The molecule has 0 saturated carbocycles. The molecule has 16 heavy (non-hydrogen) atoms. The highest BCUT2D eigenvalue weighted by Gasteiger charge is 2.27. The highest BCUT2D eigenvalue weighted by atomic mass is 79.9. The zero-order chi connectivity index (χ0) is 11.5. The second-order valence-corrected chi connectivity index (χ2v) is 5.05. The summed E-state index contributed by atoms with van der Waals surface area (Å²) in [6.07, 6.45) is 4.70. The number of nitrogens with one attached hydrogen (secondary N) is 1. The molecule has 1 fully saturated rings. The molecule has 1 saturated heterocycles. The molecule has 2 atom stereocenters. The van der Waals surface area contributed by atoms with Crippen molar-refractivity contribution in [2.45, 2.75) is 44.9 Å².